The van der Waals surface area contributed by atoms with Crippen molar-refractivity contribution in [3.05, 3.63) is 30.5 Å². The van der Waals surface area contributed by atoms with Gasteiger partial charge in [0, 0.05) is 24.3 Å². The van der Waals surface area contributed by atoms with E-state index < -0.39 is 5.60 Å². The number of carbonyl (C=O) groups excluding carboxylic acids is 1. The first-order valence-electron chi connectivity index (χ1n) is 8.57. The summed E-state index contributed by atoms with van der Waals surface area (Å²) in [5.74, 6) is 0. The Balaban J connectivity index is 1.60. The Labute approximate surface area is 147 Å². The van der Waals surface area contributed by atoms with Crippen molar-refractivity contribution >= 4 is 11.8 Å². The van der Waals surface area contributed by atoms with Crippen LogP contribution in [0.2, 0.25) is 0 Å². The van der Waals surface area contributed by atoms with Gasteiger partial charge in [-0.25, -0.2) is 9.48 Å². The molecule has 0 aliphatic carbocycles. The van der Waals surface area contributed by atoms with E-state index in [2.05, 4.69) is 10.3 Å². The summed E-state index contributed by atoms with van der Waals surface area (Å²) in [5.41, 5.74) is 7.80. The van der Waals surface area contributed by atoms with E-state index >= 15 is 0 Å². The van der Waals surface area contributed by atoms with Crippen molar-refractivity contribution in [2.24, 2.45) is 0 Å². The van der Waals surface area contributed by atoms with Gasteiger partial charge in [0.1, 0.15) is 11.3 Å². The number of likely N-dealkylation sites (tertiary alicyclic amines) is 1. The summed E-state index contributed by atoms with van der Waals surface area (Å²) in [6, 6.07) is 7.83. The molecule has 25 heavy (non-hydrogen) atoms. The maximum Gasteiger partial charge on any atom is 0.410 e. The molecule has 2 N–H and O–H groups in total. The SMILES string of the molecule is CC(C)(C)OC(=O)N1CCC(n2cc(-c3ccc(N)cc3)nn2)CC1. The number of ether oxygens (including phenoxy) is 1. The minimum atomic E-state index is -0.464. The highest BCUT2D eigenvalue weighted by Gasteiger charge is 2.28. The molecule has 7 nitrogen and oxygen atoms in total. The number of amides is 1. The van der Waals surface area contributed by atoms with E-state index in [0.29, 0.717) is 13.1 Å². The van der Waals surface area contributed by atoms with Crippen LogP contribution in [-0.2, 0) is 4.74 Å². The molecule has 0 bridgehead atoms. The summed E-state index contributed by atoms with van der Waals surface area (Å²) >= 11 is 0. The number of rotatable bonds is 2. The second-order valence-corrected chi connectivity index (χ2v) is 7.40. The number of aromatic nitrogens is 3. The van der Waals surface area contributed by atoms with Gasteiger partial charge in [-0.05, 0) is 45.7 Å². The summed E-state index contributed by atoms with van der Waals surface area (Å²) in [6.07, 6.45) is 3.39. The van der Waals surface area contributed by atoms with E-state index in [9.17, 15) is 4.79 Å². The van der Waals surface area contributed by atoms with Crippen LogP contribution >= 0.6 is 0 Å². The normalized spacial score (nSPS) is 16.0. The Morgan fingerprint density at radius 1 is 1.20 bits per heavy atom. The molecule has 0 spiro atoms. The zero-order valence-electron chi connectivity index (χ0n) is 15.0. The molecular formula is C18H25N5O2. The first kappa shape index (κ1) is 17.3. The summed E-state index contributed by atoms with van der Waals surface area (Å²) < 4.78 is 7.33. The maximum atomic E-state index is 12.1. The number of nitrogens with two attached hydrogens (primary N) is 1. The minimum Gasteiger partial charge on any atom is -0.444 e. The molecule has 0 radical (unpaired) electrons. The van der Waals surface area contributed by atoms with Crippen LogP contribution in [0.1, 0.15) is 39.7 Å². The van der Waals surface area contributed by atoms with Crippen molar-refractivity contribution in [2.45, 2.75) is 45.3 Å². The molecule has 2 aromatic rings. The lowest BCUT2D eigenvalue weighted by Crippen LogP contribution is -2.42. The highest BCUT2D eigenvalue weighted by atomic mass is 16.6. The fourth-order valence-corrected chi connectivity index (χ4v) is 2.88. The molecule has 7 heteroatoms. The van der Waals surface area contributed by atoms with Crippen LogP contribution < -0.4 is 5.73 Å². The molecule has 2 heterocycles. The quantitative estimate of drug-likeness (QED) is 0.847. The molecule has 1 fully saturated rings. The Bertz CT molecular complexity index is 725. The van der Waals surface area contributed by atoms with Crippen LogP contribution in [0.25, 0.3) is 11.3 Å². The van der Waals surface area contributed by atoms with E-state index in [-0.39, 0.29) is 12.1 Å². The zero-order valence-corrected chi connectivity index (χ0v) is 15.0. The molecule has 0 saturated carbocycles. The average molecular weight is 343 g/mol. The van der Waals surface area contributed by atoms with Gasteiger partial charge in [-0.15, -0.1) is 5.10 Å². The summed E-state index contributed by atoms with van der Waals surface area (Å²) in [6.45, 7) is 6.97. The summed E-state index contributed by atoms with van der Waals surface area (Å²) in [4.78, 5) is 13.9. The number of nitrogens with zero attached hydrogens (tertiary/aromatic N) is 4. The molecule has 1 aliphatic rings. The van der Waals surface area contributed by atoms with Gasteiger partial charge in [0.2, 0.25) is 0 Å². The molecule has 1 aromatic heterocycles. The van der Waals surface area contributed by atoms with Gasteiger partial charge in [-0.3, -0.25) is 0 Å². The van der Waals surface area contributed by atoms with E-state index in [1.54, 1.807) is 4.90 Å². The fraction of sp³-hybridized carbons (Fsp3) is 0.500. The monoisotopic (exact) mass is 343 g/mol. The molecular weight excluding hydrogens is 318 g/mol. The van der Waals surface area contributed by atoms with E-state index in [1.165, 1.54) is 0 Å². The van der Waals surface area contributed by atoms with E-state index in [4.69, 9.17) is 10.5 Å². The van der Waals surface area contributed by atoms with Crippen molar-refractivity contribution in [1.82, 2.24) is 19.9 Å². The lowest BCUT2D eigenvalue weighted by atomic mass is 10.1. The van der Waals surface area contributed by atoms with E-state index in [0.717, 1.165) is 29.8 Å². The Morgan fingerprint density at radius 2 is 1.84 bits per heavy atom. The van der Waals surface area contributed by atoms with Crippen LogP contribution in [0.4, 0.5) is 10.5 Å². The third-order valence-electron chi connectivity index (χ3n) is 4.21. The predicted octanol–water partition coefficient (Wildman–Crippen LogP) is 3.10. The summed E-state index contributed by atoms with van der Waals surface area (Å²) in [7, 11) is 0. The number of hydrogen-bond donors (Lipinski definition) is 1. The first-order chi connectivity index (χ1) is 11.8. The number of hydrogen-bond acceptors (Lipinski definition) is 5. The first-order valence-corrected chi connectivity index (χ1v) is 8.57. The third-order valence-corrected chi connectivity index (χ3v) is 4.21. The number of benzene rings is 1. The highest BCUT2D eigenvalue weighted by Crippen LogP contribution is 2.25. The van der Waals surface area contributed by atoms with Gasteiger partial charge in [0.05, 0.1) is 12.2 Å². The molecule has 1 aliphatic heterocycles. The molecule has 1 saturated heterocycles. The zero-order chi connectivity index (χ0) is 18.0. The molecule has 0 unspecified atom stereocenters. The number of nitrogen functional groups attached to an aromatic ring is 1. The topological polar surface area (TPSA) is 86.3 Å². The second kappa shape index (κ2) is 6.74. The van der Waals surface area contributed by atoms with Gasteiger partial charge >= 0.3 is 6.09 Å². The van der Waals surface area contributed by atoms with Gasteiger partial charge < -0.3 is 15.4 Å². The van der Waals surface area contributed by atoms with Crippen molar-refractivity contribution in [2.75, 3.05) is 18.8 Å². The standard InChI is InChI=1S/C18H25N5O2/c1-18(2,3)25-17(24)22-10-8-15(9-11-22)23-12-16(20-21-23)13-4-6-14(19)7-5-13/h4-7,12,15H,8-11,19H2,1-3H3. The number of carbonyl (C=O) groups is 1. The Morgan fingerprint density at radius 3 is 2.44 bits per heavy atom. The molecule has 0 atom stereocenters. The largest absolute Gasteiger partial charge is 0.444 e. The predicted molar refractivity (Wildman–Crippen MR) is 95.9 cm³/mol. The lowest BCUT2D eigenvalue weighted by Gasteiger charge is -2.33. The molecule has 1 aromatic carbocycles. The van der Waals surface area contributed by atoms with Gasteiger partial charge in [-0.2, -0.15) is 0 Å². The van der Waals surface area contributed by atoms with Crippen LogP contribution in [0.5, 0.6) is 0 Å². The average Bonchev–Trinajstić information content (AvgIpc) is 3.04. The Hall–Kier alpha value is -2.57. The van der Waals surface area contributed by atoms with Gasteiger partial charge in [0.25, 0.3) is 0 Å². The van der Waals surface area contributed by atoms with Gasteiger partial charge in [-0.1, -0.05) is 17.3 Å². The van der Waals surface area contributed by atoms with Crippen molar-refractivity contribution in [3.63, 3.8) is 0 Å². The smallest absolute Gasteiger partial charge is 0.410 e. The Kier molecular flexibility index (Phi) is 4.65. The van der Waals surface area contributed by atoms with Crippen molar-refractivity contribution in [1.29, 1.82) is 0 Å². The third kappa shape index (κ3) is 4.29. The van der Waals surface area contributed by atoms with Crippen molar-refractivity contribution in [3.8, 4) is 11.3 Å². The second-order valence-electron chi connectivity index (χ2n) is 7.40. The van der Waals surface area contributed by atoms with Crippen molar-refractivity contribution < 1.29 is 9.53 Å². The van der Waals surface area contributed by atoms with E-state index in [1.807, 2.05) is 55.9 Å². The van der Waals surface area contributed by atoms with Gasteiger partial charge in [0.15, 0.2) is 0 Å². The number of anilines is 1. The van der Waals surface area contributed by atoms with Crippen LogP contribution in [-0.4, -0.2) is 44.7 Å². The van der Waals surface area contributed by atoms with Crippen LogP contribution in [0, 0.1) is 0 Å². The van der Waals surface area contributed by atoms with Crippen LogP contribution in [0.15, 0.2) is 30.5 Å². The molecule has 1 amide bonds. The molecule has 3 rings (SSSR count). The number of piperidine rings is 1. The summed E-state index contributed by atoms with van der Waals surface area (Å²) in [5, 5.41) is 8.53. The highest BCUT2D eigenvalue weighted by molar-refractivity contribution is 5.68. The lowest BCUT2D eigenvalue weighted by molar-refractivity contribution is 0.0184. The minimum absolute atomic E-state index is 0.243. The fourth-order valence-electron chi connectivity index (χ4n) is 2.88. The molecule has 134 valence electrons. The van der Waals surface area contributed by atoms with Crippen LogP contribution in [0.3, 0.4) is 0 Å². The maximum absolute atomic E-state index is 12.1.